The van der Waals surface area contributed by atoms with Gasteiger partial charge in [0.1, 0.15) is 23.5 Å². The molecule has 1 aromatic heterocycles. The number of nitrogens with one attached hydrogen (secondary N) is 2. The van der Waals surface area contributed by atoms with Gasteiger partial charge in [0.25, 0.3) is 5.56 Å². The van der Waals surface area contributed by atoms with Gasteiger partial charge in [-0.2, -0.15) is 26.3 Å². The van der Waals surface area contributed by atoms with Crippen LogP contribution in [0.15, 0.2) is 47.3 Å². The molecular weight excluding hydrogens is 547 g/mol. The van der Waals surface area contributed by atoms with Crippen LogP contribution in [0.3, 0.4) is 0 Å². The van der Waals surface area contributed by atoms with Gasteiger partial charge in [-0.3, -0.25) is 9.59 Å². The van der Waals surface area contributed by atoms with Crippen LogP contribution in [0.4, 0.5) is 30.7 Å². The third kappa shape index (κ3) is 6.09. The fourth-order valence-corrected chi connectivity index (χ4v) is 3.98. The number of aromatic nitrogens is 2. The molecular formula is C24H17ClF7N3O3. The van der Waals surface area contributed by atoms with Crippen molar-refractivity contribution in [2.24, 2.45) is 5.92 Å². The zero-order valence-electron chi connectivity index (χ0n) is 19.0. The number of hydrogen-bond acceptors (Lipinski definition) is 4. The van der Waals surface area contributed by atoms with Crippen molar-refractivity contribution < 1.29 is 40.3 Å². The molecule has 0 spiro atoms. The molecule has 2 N–H and O–H groups in total. The van der Waals surface area contributed by atoms with Crippen molar-refractivity contribution in [1.29, 1.82) is 0 Å². The van der Waals surface area contributed by atoms with Gasteiger partial charge in [-0.05, 0) is 43.2 Å². The molecule has 0 aliphatic heterocycles. The molecule has 0 radical (unpaired) electrons. The highest BCUT2D eigenvalue weighted by Gasteiger charge is 2.39. The summed E-state index contributed by atoms with van der Waals surface area (Å²) in [4.78, 5) is 28.9. The van der Waals surface area contributed by atoms with E-state index in [1.165, 1.54) is 0 Å². The van der Waals surface area contributed by atoms with E-state index in [-0.39, 0.29) is 12.2 Å². The molecule has 1 heterocycles. The van der Waals surface area contributed by atoms with Gasteiger partial charge >= 0.3 is 12.4 Å². The van der Waals surface area contributed by atoms with Crippen molar-refractivity contribution in [3.8, 4) is 17.1 Å². The van der Waals surface area contributed by atoms with Gasteiger partial charge in [-0.15, -0.1) is 0 Å². The Bertz CT molecular complexity index is 1400. The average molecular weight is 564 g/mol. The summed E-state index contributed by atoms with van der Waals surface area (Å²) in [5.41, 5.74) is -6.67. The van der Waals surface area contributed by atoms with Crippen LogP contribution in [0.1, 0.15) is 29.7 Å². The molecule has 38 heavy (non-hydrogen) atoms. The second-order valence-corrected chi connectivity index (χ2v) is 8.95. The number of H-pyrrole nitrogens is 1. The van der Waals surface area contributed by atoms with Crippen LogP contribution in [-0.4, -0.2) is 22.0 Å². The number of nitrogens with zero attached hydrogens (tertiary/aromatic N) is 1. The quantitative estimate of drug-likeness (QED) is 0.375. The Labute approximate surface area is 214 Å². The Morgan fingerprint density at radius 3 is 2.32 bits per heavy atom. The normalized spacial score (nSPS) is 17.6. The summed E-state index contributed by atoms with van der Waals surface area (Å²) in [6, 6.07) is 7.83. The SMILES string of the molecule is O=c1cc(C(F)(F)F)nc(-c2c(C(F)(F)F)ccc(CNC(=O)[C@H]3C[C@@H](Oc4ccc(Cl)cc4)C3)c2F)[nH]1. The van der Waals surface area contributed by atoms with Crippen molar-refractivity contribution in [3.05, 3.63) is 80.5 Å². The first-order chi connectivity index (χ1) is 17.7. The summed E-state index contributed by atoms with van der Waals surface area (Å²) in [6.07, 6.45) is -9.93. The van der Waals surface area contributed by atoms with Crippen LogP contribution in [0, 0.1) is 11.7 Å². The van der Waals surface area contributed by atoms with Crippen molar-refractivity contribution in [3.63, 3.8) is 0 Å². The number of aromatic amines is 1. The number of rotatable bonds is 6. The van der Waals surface area contributed by atoms with Crippen LogP contribution < -0.4 is 15.6 Å². The van der Waals surface area contributed by atoms with Gasteiger partial charge in [-0.1, -0.05) is 17.7 Å². The lowest BCUT2D eigenvalue weighted by atomic mass is 9.81. The number of halogens is 8. The summed E-state index contributed by atoms with van der Waals surface area (Å²) < 4.78 is 101. The topological polar surface area (TPSA) is 84.1 Å². The summed E-state index contributed by atoms with van der Waals surface area (Å²) in [6.45, 7) is -0.557. The number of carbonyl (C=O) groups excluding carboxylic acids is 1. The maximum Gasteiger partial charge on any atom is 0.433 e. The highest BCUT2D eigenvalue weighted by Crippen LogP contribution is 2.39. The average Bonchev–Trinajstić information content (AvgIpc) is 2.79. The summed E-state index contributed by atoms with van der Waals surface area (Å²) in [5.74, 6) is -3.28. The number of alkyl halides is 6. The highest BCUT2D eigenvalue weighted by atomic mass is 35.5. The zero-order chi connectivity index (χ0) is 27.8. The smallest absolute Gasteiger partial charge is 0.433 e. The van der Waals surface area contributed by atoms with E-state index in [4.69, 9.17) is 16.3 Å². The largest absolute Gasteiger partial charge is 0.490 e. The van der Waals surface area contributed by atoms with E-state index in [9.17, 15) is 35.9 Å². The van der Waals surface area contributed by atoms with Gasteiger partial charge in [0, 0.05) is 29.1 Å². The molecule has 14 heteroatoms. The molecule has 0 bridgehead atoms. The number of benzene rings is 2. The Morgan fingerprint density at radius 1 is 1.05 bits per heavy atom. The minimum atomic E-state index is -5.18. The van der Waals surface area contributed by atoms with Gasteiger partial charge in [0.05, 0.1) is 11.1 Å². The molecule has 1 saturated carbocycles. The highest BCUT2D eigenvalue weighted by molar-refractivity contribution is 6.30. The van der Waals surface area contributed by atoms with Gasteiger partial charge < -0.3 is 15.0 Å². The van der Waals surface area contributed by atoms with E-state index in [0.717, 1.165) is 6.07 Å². The predicted molar refractivity (Wildman–Crippen MR) is 121 cm³/mol. The Morgan fingerprint density at radius 2 is 1.71 bits per heavy atom. The molecule has 3 aromatic rings. The zero-order valence-corrected chi connectivity index (χ0v) is 19.8. The minimum absolute atomic E-state index is 0.0429. The van der Waals surface area contributed by atoms with Crippen LogP contribution in [0.5, 0.6) is 5.75 Å². The van der Waals surface area contributed by atoms with Crippen LogP contribution in [0.2, 0.25) is 5.02 Å². The third-order valence-corrected chi connectivity index (χ3v) is 6.08. The third-order valence-electron chi connectivity index (χ3n) is 5.83. The first-order valence-electron chi connectivity index (χ1n) is 11.0. The Hall–Kier alpha value is -3.61. The molecule has 202 valence electrons. The number of amides is 1. The maximum absolute atomic E-state index is 15.3. The molecule has 0 unspecified atom stereocenters. The van der Waals surface area contributed by atoms with E-state index in [0.29, 0.717) is 29.7 Å². The molecule has 2 aromatic carbocycles. The lowest BCUT2D eigenvalue weighted by Gasteiger charge is -2.34. The van der Waals surface area contributed by atoms with E-state index < -0.39 is 70.3 Å². The molecule has 0 saturated heterocycles. The molecule has 1 aliphatic rings. The predicted octanol–water partition coefficient (Wildman–Crippen LogP) is 5.74. The van der Waals surface area contributed by atoms with E-state index >= 15 is 4.39 Å². The fourth-order valence-electron chi connectivity index (χ4n) is 3.85. The standard InChI is InChI=1S/C24H17ClF7N3O3/c25-13-2-4-14(5-3-13)38-15-7-12(8-15)22(37)33-10-11-1-6-16(23(27,28)29)19(20(11)26)21-34-17(24(30,31)32)9-18(36)35-21/h1-6,9,12,15H,7-8,10H2,(H,33,37)(H,34,35,36)/t12-,15+. The fraction of sp³-hybridized carbons (Fsp3) is 0.292. The van der Waals surface area contributed by atoms with Crippen LogP contribution in [-0.2, 0) is 23.7 Å². The van der Waals surface area contributed by atoms with Crippen molar-refractivity contribution in [2.45, 2.75) is 37.8 Å². The van der Waals surface area contributed by atoms with E-state index in [1.807, 2.05) is 0 Å². The van der Waals surface area contributed by atoms with Gasteiger partial charge in [-0.25, -0.2) is 9.37 Å². The second-order valence-electron chi connectivity index (χ2n) is 8.52. The minimum Gasteiger partial charge on any atom is -0.490 e. The Kier molecular flexibility index (Phi) is 7.42. The lowest BCUT2D eigenvalue weighted by molar-refractivity contribution is -0.141. The first-order valence-corrected chi connectivity index (χ1v) is 11.4. The van der Waals surface area contributed by atoms with Gasteiger partial charge in [0.2, 0.25) is 5.91 Å². The molecule has 4 rings (SSSR count). The summed E-state index contributed by atoms with van der Waals surface area (Å²) in [5, 5.41) is 2.94. The second kappa shape index (κ2) is 10.3. The first kappa shape index (κ1) is 27.4. The van der Waals surface area contributed by atoms with Crippen molar-refractivity contribution in [1.82, 2.24) is 15.3 Å². The molecule has 1 amide bonds. The van der Waals surface area contributed by atoms with Crippen LogP contribution >= 0.6 is 11.6 Å². The summed E-state index contributed by atoms with van der Waals surface area (Å²) >= 11 is 5.81. The molecule has 0 atom stereocenters. The monoisotopic (exact) mass is 563 g/mol. The molecule has 1 aliphatic carbocycles. The van der Waals surface area contributed by atoms with Crippen LogP contribution in [0.25, 0.3) is 11.4 Å². The number of carbonyl (C=O) groups is 1. The maximum atomic E-state index is 15.3. The van der Waals surface area contributed by atoms with Crippen molar-refractivity contribution >= 4 is 17.5 Å². The van der Waals surface area contributed by atoms with Gasteiger partial charge in [0.15, 0.2) is 5.69 Å². The van der Waals surface area contributed by atoms with E-state index in [2.05, 4.69) is 10.3 Å². The number of ether oxygens (including phenoxy) is 1. The molecule has 6 nitrogen and oxygen atoms in total. The Balaban J connectivity index is 1.51. The number of hydrogen-bond donors (Lipinski definition) is 2. The van der Waals surface area contributed by atoms with E-state index in [1.54, 1.807) is 29.2 Å². The summed E-state index contributed by atoms with van der Waals surface area (Å²) in [7, 11) is 0. The van der Waals surface area contributed by atoms with Crippen molar-refractivity contribution in [2.75, 3.05) is 0 Å². The molecule has 1 fully saturated rings. The lowest BCUT2D eigenvalue weighted by Crippen LogP contribution is -2.43.